The number of aliphatic hydroxyl groups excluding tert-OH is 1. The van der Waals surface area contributed by atoms with E-state index in [2.05, 4.69) is 24.3 Å². The second kappa shape index (κ2) is 6.84. The molecule has 0 aliphatic carbocycles. The topological polar surface area (TPSA) is 49.7 Å². The third-order valence-electron chi connectivity index (χ3n) is 4.21. The van der Waals surface area contributed by atoms with Crippen molar-refractivity contribution in [1.29, 1.82) is 0 Å². The van der Waals surface area contributed by atoms with Crippen molar-refractivity contribution in [2.75, 3.05) is 6.61 Å². The molecule has 0 saturated heterocycles. The largest absolute Gasteiger partial charge is 0.508 e. The number of aliphatic hydroxyl groups is 1. The molecular formula is C19H22O3. The molecule has 0 spiro atoms. The minimum absolute atomic E-state index is 0.136. The standard InChI is InChI=1S/C19H22O3/c20-10-4-7-15-13-19-16(12-18(15)21)11-17(22-19)9-8-14-5-2-1-3-6-14/h1-3,5-6,12-13,17,20-21H,4,7-11H2. The molecule has 0 amide bonds. The van der Waals surface area contributed by atoms with Gasteiger partial charge in [-0.3, -0.25) is 0 Å². The SMILES string of the molecule is OCCCc1cc2c(cc1O)CC(CCc1ccccc1)O2. The Morgan fingerprint density at radius 1 is 1.09 bits per heavy atom. The summed E-state index contributed by atoms with van der Waals surface area (Å²) in [5.41, 5.74) is 3.27. The zero-order valence-corrected chi connectivity index (χ0v) is 12.7. The molecule has 3 nitrogen and oxygen atoms in total. The first kappa shape index (κ1) is 14.9. The van der Waals surface area contributed by atoms with Crippen molar-refractivity contribution in [3.05, 3.63) is 59.2 Å². The fourth-order valence-electron chi connectivity index (χ4n) is 2.99. The van der Waals surface area contributed by atoms with Gasteiger partial charge in [-0.15, -0.1) is 0 Å². The molecule has 1 aliphatic rings. The highest BCUT2D eigenvalue weighted by atomic mass is 16.5. The molecule has 0 aromatic heterocycles. The lowest BCUT2D eigenvalue weighted by atomic mass is 10.0. The smallest absolute Gasteiger partial charge is 0.123 e. The van der Waals surface area contributed by atoms with Gasteiger partial charge in [0.15, 0.2) is 0 Å². The number of aryl methyl sites for hydroxylation is 2. The van der Waals surface area contributed by atoms with Gasteiger partial charge in [-0.05, 0) is 48.9 Å². The summed E-state index contributed by atoms with van der Waals surface area (Å²) in [7, 11) is 0. The maximum absolute atomic E-state index is 10.1. The fourth-order valence-corrected chi connectivity index (χ4v) is 2.99. The van der Waals surface area contributed by atoms with Crippen LogP contribution in [0.1, 0.15) is 29.5 Å². The van der Waals surface area contributed by atoms with Gasteiger partial charge in [0.25, 0.3) is 0 Å². The van der Waals surface area contributed by atoms with Crippen LogP contribution in [0.4, 0.5) is 0 Å². The van der Waals surface area contributed by atoms with Crippen LogP contribution in [0.5, 0.6) is 11.5 Å². The Labute approximate surface area is 131 Å². The number of rotatable bonds is 6. The zero-order chi connectivity index (χ0) is 15.4. The highest BCUT2D eigenvalue weighted by Gasteiger charge is 2.24. The van der Waals surface area contributed by atoms with E-state index in [0.717, 1.165) is 36.1 Å². The minimum Gasteiger partial charge on any atom is -0.508 e. The van der Waals surface area contributed by atoms with Gasteiger partial charge in [0.1, 0.15) is 17.6 Å². The predicted molar refractivity (Wildman–Crippen MR) is 86.4 cm³/mol. The molecule has 1 unspecified atom stereocenters. The van der Waals surface area contributed by atoms with Crippen LogP contribution in [0.25, 0.3) is 0 Å². The normalized spacial score (nSPS) is 16.3. The first-order valence-corrected chi connectivity index (χ1v) is 7.92. The van der Waals surface area contributed by atoms with Crippen molar-refractivity contribution in [2.45, 2.75) is 38.2 Å². The van der Waals surface area contributed by atoms with Crippen LogP contribution in [0, 0.1) is 0 Å². The second-order valence-corrected chi connectivity index (χ2v) is 5.88. The summed E-state index contributed by atoms with van der Waals surface area (Å²) in [4.78, 5) is 0. The molecule has 2 aromatic rings. The number of phenolic OH excluding ortho intramolecular Hbond substituents is 1. The van der Waals surface area contributed by atoms with Crippen molar-refractivity contribution in [3.63, 3.8) is 0 Å². The highest BCUT2D eigenvalue weighted by Crippen LogP contribution is 2.36. The lowest BCUT2D eigenvalue weighted by molar-refractivity contribution is 0.221. The van der Waals surface area contributed by atoms with Gasteiger partial charge < -0.3 is 14.9 Å². The number of phenols is 1. The third kappa shape index (κ3) is 3.42. The van der Waals surface area contributed by atoms with Crippen LogP contribution in [0.2, 0.25) is 0 Å². The van der Waals surface area contributed by atoms with E-state index < -0.39 is 0 Å². The molecule has 2 N–H and O–H groups in total. The van der Waals surface area contributed by atoms with E-state index in [0.29, 0.717) is 18.6 Å². The maximum atomic E-state index is 10.1. The van der Waals surface area contributed by atoms with Crippen LogP contribution >= 0.6 is 0 Å². The summed E-state index contributed by atoms with van der Waals surface area (Å²) in [5.74, 6) is 1.21. The molecule has 22 heavy (non-hydrogen) atoms. The van der Waals surface area contributed by atoms with E-state index in [4.69, 9.17) is 9.84 Å². The van der Waals surface area contributed by atoms with Crippen molar-refractivity contribution in [1.82, 2.24) is 0 Å². The van der Waals surface area contributed by atoms with Crippen LogP contribution in [-0.2, 0) is 19.3 Å². The summed E-state index contributed by atoms with van der Waals surface area (Å²) in [6.45, 7) is 0.136. The summed E-state index contributed by atoms with van der Waals surface area (Å²) in [6, 6.07) is 14.2. The van der Waals surface area contributed by atoms with Gasteiger partial charge in [0, 0.05) is 18.6 Å². The molecule has 0 saturated carbocycles. The van der Waals surface area contributed by atoms with Gasteiger partial charge in [-0.25, -0.2) is 0 Å². The molecular weight excluding hydrogens is 276 g/mol. The molecule has 1 atom stereocenters. The van der Waals surface area contributed by atoms with Crippen LogP contribution in [0.15, 0.2) is 42.5 Å². The first-order valence-electron chi connectivity index (χ1n) is 7.92. The van der Waals surface area contributed by atoms with E-state index >= 15 is 0 Å². The molecule has 3 rings (SSSR count). The third-order valence-corrected chi connectivity index (χ3v) is 4.21. The van der Waals surface area contributed by atoms with Gasteiger partial charge in [-0.1, -0.05) is 30.3 Å². The summed E-state index contributed by atoms with van der Waals surface area (Å²) >= 11 is 0. The van der Waals surface area contributed by atoms with Crippen LogP contribution in [0.3, 0.4) is 0 Å². The maximum Gasteiger partial charge on any atom is 0.123 e. The molecule has 0 bridgehead atoms. The number of hydrogen-bond donors (Lipinski definition) is 2. The number of hydrogen-bond acceptors (Lipinski definition) is 3. The molecule has 1 aliphatic heterocycles. The number of aromatic hydroxyl groups is 1. The van der Waals surface area contributed by atoms with Gasteiger partial charge in [-0.2, -0.15) is 0 Å². The Morgan fingerprint density at radius 2 is 1.91 bits per heavy atom. The molecule has 0 radical (unpaired) electrons. The van der Waals surface area contributed by atoms with E-state index in [1.165, 1.54) is 5.56 Å². The van der Waals surface area contributed by atoms with Crippen molar-refractivity contribution in [2.24, 2.45) is 0 Å². The Kier molecular flexibility index (Phi) is 4.64. The van der Waals surface area contributed by atoms with Gasteiger partial charge in [0.05, 0.1) is 0 Å². The first-order chi connectivity index (χ1) is 10.8. The number of benzene rings is 2. The lowest BCUT2D eigenvalue weighted by Crippen LogP contribution is -2.13. The molecule has 116 valence electrons. The van der Waals surface area contributed by atoms with Gasteiger partial charge >= 0.3 is 0 Å². The van der Waals surface area contributed by atoms with Crippen LogP contribution < -0.4 is 4.74 Å². The average molecular weight is 298 g/mol. The Bertz CT molecular complexity index is 622. The highest BCUT2D eigenvalue weighted by molar-refractivity contribution is 5.48. The number of ether oxygens (including phenoxy) is 1. The fraction of sp³-hybridized carbons (Fsp3) is 0.368. The van der Waals surface area contributed by atoms with E-state index in [1.54, 1.807) is 0 Å². The summed E-state index contributed by atoms with van der Waals surface area (Å²) in [6.07, 6.45) is 4.35. The second-order valence-electron chi connectivity index (χ2n) is 5.88. The van der Waals surface area contributed by atoms with Crippen LogP contribution in [-0.4, -0.2) is 22.9 Å². The monoisotopic (exact) mass is 298 g/mol. The van der Waals surface area contributed by atoms with Crippen molar-refractivity contribution < 1.29 is 14.9 Å². The average Bonchev–Trinajstić information content (AvgIpc) is 2.93. The Balaban J connectivity index is 1.62. The summed E-state index contributed by atoms with van der Waals surface area (Å²) in [5, 5.41) is 19.0. The quantitative estimate of drug-likeness (QED) is 0.860. The minimum atomic E-state index is 0.136. The predicted octanol–water partition coefficient (Wildman–Crippen LogP) is 3.25. The lowest BCUT2D eigenvalue weighted by Gasteiger charge is -2.11. The molecule has 1 heterocycles. The van der Waals surface area contributed by atoms with Crippen molar-refractivity contribution >= 4 is 0 Å². The van der Waals surface area contributed by atoms with E-state index in [1.807, 2.05) is 18.2 Å². The Hall–Kier alpha value is -2.00. The van der Waals surface area contributed by atoms with E-state index in [-0.39, 0.29) is 12.7 Å². The van der Waals surface area contributed by atoms with Crippen molar-refractivity contribution in [3.8, 4) is 11.5 Å². The molecule has 3 heteroatoms. The Morgan fingerprint density at radius 3 is 2.68 bits per heavy atom. The summed E-state index contributed by atoms with van der Waals surface area (Å²) < 4.78 is 6.03. The van der Waals surface area contributed by atoms with E-state index in [9.17, 15) is 5.11 Å². The van der Waals surface area contributed by atoms with Gasteiger partial charge in [0.2, 0.25) is 0 Å². The molecule has 0 fully saturated rings. The number of fused-ring (bicyclic) bond motifs is 1. The molecule has 2 aromatic carbocycles. The zero-order valence-electron chi connectivity index (χ0n) is 12.7.